The third-order valence-electron chi connectivity index (χ3n) is 4.06. The molecule has 10 heteroatoms. The van der Waals surface area contributed by atoms with Crippen LogP contribution < -0.4 is 10.1 Å². The molecule has 1 N–H and O–H groups in total. The van der Waals surface area contributed by atoms with E-state index < -0.39 is 22.5 Å². The van der Waals surface area contributed by atoms with E-state index in [-0.39, 0.29) is 35.0 Å². The molecule has 3 rings (SSSR count). The largest absolute Gasteiger partial charge is 0.433 e. The fourth-order valence-electron chi connectivity index (χ4n) is 2.70. The lowest BCUT2D eigenvalue weighted by molar-refractivity contribution is -0.0493. The van der Waals surface area contributed by atoms with E-state index in [4.69, 9.17) is 4.74 Å². The van der Waals surface area contributed by atoms with Crippen LogP contribution in [0.2, 0.25) is 0 Å². The number of hydrogen-bond donors (Lipinski definition) is 1. The van der Waals surface area contributed by atoms with Gasteiger partial charge in [0.2, 0.25) is 10.0 Å². The Morgan fingerprint density at radius 2 is 1.82 bits per heavy atom. The lowest BCUT2D eigenvalue weighted by atomic mass is 10.2. The Morgan fingerprint density at radius 3 is 2.54 bits per heavy atom. The maximum Gasteiger partial charge on any atom is 0.387 e. The van der Waals surface area contributed by atoms with E-state index >= 15 is 0 Å². The molecule has 1 heterocycles. The summed E-state index contributed by atoms with van der Waals surface area (Å²) >= 11 is 0. The molecule has 0 radical (unpaired) electrons. The van der Waals surface area contributed by atoms with Gasteiger partial charge in [0.25, 0.3) is 5.91 Å². The number of carbonyl (C=O) groups is 1. The van der Waals surface area contributed by atoms with E-state index in [0.717, 1.165) is 0 Å². The quantitative estimate of drug-likeness (QED) is 0.788. The smallest absolute Gasteiger partial charge is 0.387 e. The van der Waals surface area contributed by atoms with Crippen molar-refractivity contribution in [3.8, 4) is 5.75 Å². The van der Waals surface area contributed by atoms with Gasteiger partial charge in [0.15, 0.2) is 0 Å². The molecule has 1 fully saturated rings. The Balaban J connectivity index is 1.82. The number of sulfonamides is 1. The van der Waals surface area contributed by atoms with E-state index in [1.807, 2.05) is 0 Å². The van der Waals surface area contributed by atoms with E-state index in [1.165, 1.54) is 46.8 Å². The average Bonchev–Trinajstić information content (AvgIpc) is 2.70. The predicted octanol–water partition coefficient (Wildman–Crippen LogP) is 2.56. The summed E-state index contributed by atoms with van der Waals surface area (Å²) in [5.41, 5.74) is 0.121. The minimum Gasteiger partial charge on any atom is -0.433 e. The van der Waals surface area contributed by atoms with Crippen LogP contribution in [0.25, 0.3) is 0 Å². The number of benzene rings is 2. The van der Waals surface area contributed by atoms with Crippen LogP contribution >= 0.6 is 0 Å². The number of amides is 1. The third-order valence-corrected chi connectivity index (χ3v) is 5.95. The van der Waals surface area contributed by atoms with Gasteiger partial charge in [-0.3, -0.25) is 4.79 Å². The standard InChI is InChI=1S/C18H18F2N2O5S/c19-18(20)27-16-7-2-1-6-15(16)21-17(23)13-4-3-5-14(12-13)28(24,25)22-8-10-26-11-9-22/h1-7,12,18H,8-11H2,(H,21,23). The summed E-state index contributed by atoms with van der Waals surface area (Å²) < 4.78 is 61.3. The molecular formula is C18H18F2N2O5S. The van der Waals surface area contributed by atoms with Crippen molar-refractivity contribution in [2.45, 2.75) is 11.5 Å². The zero-order valence-corrected chi connectivity index (χ0v) is 15.5. The number of nitrogens with zero attached hydrogens (tertiary/aromatic N) is 1. The molecule has 150 valence electrons. The van der Waals surface area contributed by atoms with E-state index in [0.29, 0.717) is 13.2 Å². The molecule has 2 aromatic carbocycles. The first kappa shape index (κ1) is 20.2. The van der Waals surface area contributed by atoms with Crippen LogP contribution in [0.4, 0.5) is 14.5 Å². The number of alkyl halides is 2. The molecular weight excluding hydrogens is 394 g/mol. The molecule has 1 saturated heterocycles. The second kappa shape index (κ2) is 8.63. The first-order chi connectivity index (χ1) is 13.4. The Kier molecular flexibility index (Phi) is 6.22. The van der Waals surface area contributed by atoms with Gasteiger partial charge in [-0.05, 0) is 30.3 Å². The molecule has 1 aliphatic heterocycles. The molecule has 0 atom stereocenters. The van der Waals surface area contributed by atoms with Crippen molar-refractivity contribution >= 4 is 21.6 Å². The summed E-state index contributed by atoms with van der Waals surface area (Å²) in [5.74, 6) is -0.840. The monoisotopic (exact) mass is 412 g/mol. The average molecular weight is 412 g/mol. The minimum absolute atomic E-state index is 0.0286. The highest BCUT2D eigenvalue weighted by atomic mass is 32.2. The highest BCUT2D eigenvalue weighted by molar-refractivity contribution is 7.89. The molecule has 1 aliphatic rings. The first-order valence-corrected chi connectivity index (χ1v) is 9.85. The summed E-state index contributed by atoms with van der Waals surface area (Å²) in [7, 11) is -3.77. The summed E-state index contributed by atoms with van der Waals surface area (Å²) in [6, 6.07) is 11.3. The summed E-state index contributed by atoms with van der Waals surface area (Å²) in [6.45, 7) is -1.96. The number of rotatable bonds is 6. The van der Waals surface area contributed by atoms with Gasteiger partial charge in [-0.25, -0.2) is 8.42 Å². The SMILES string of the molecule is O=C(Nc1ccccc1OC(F)F)c1cccc(S(=O)(=O)N2CCOCC2)c1. The zero-order chi connectivity index (χ0) is 20.1. The van der Waals surface area contributed by atoms with Gasteiger partial charge in [0.1, 0.15) is 5.75 Å². The molecule has 0 saturated carbocycles. The van der Waals surface area contributed by atoms with Gasteiger partial charge in [-0.15, -0.1) is 0 Å². The fourth-order valence-corrected chi connectivity index (χ4v) is 4.15. The van der Waals surface area contributed by atoms with Crippen LogP contribution in [0.5, 0.6) is 5.75 Å². The highest BCUT2D eigenvalue weighted by Gasteiger charge is 2.27. The summed E-state index contributed by atoms with van der Waals surface area (Å²) in [6.07, 6.45) is 0. The molecule has 0 spiro atoms. The fraction of sp³-hybridized carbons (Fsp3) is 0.278. The number of hydrogen-bond acceptors (Lipinski definition) is 5. The predicted molar refractivity (Wildman–Crippen MR) is 97.0 cm³/mol. The van der Waals surface area contributed by atoms with E-state index in [1.54, 1.807) is 6.07 Å². The van der Waals surface area contributed by atoms with Crippen molar-refractivity contribution in [3.05, 3.63) is 54.1 Å². The minimum atomic E-state index is -3.77. The maximum atomic E-state index is 12.7. The Bertz CT molecular complexity index is 946. The zero-order valence-electron chi connectivity index (χ0n) is 14.7. The lowest BCUT2D eigenvalue weighted by Crippen LogP contribution is -2.40. The van der Waals surface area contributed by atoms with E-state index in [9.17, 15) is 22.0 Å². The van der Waals surface area contributed by atoms with Gasteiger partial charge >= 0.3 is 6.61 Å². The molecule has 0 aromatic heterocycles. The summed E-state index contributed by atoms with van der Waals surface area (Å²) in [5, 5.41) is 2.46. The van der Waals surface area contributed by atoms with Crippen LogP contribution in [0, 0.1) is 0 Å². The number of halogens is 2. The Hall–Kier alpha value is -2.56. The lowest BCUT2D eigenvalue weighted by Gasteiger charge is -2.26. The van der Waals surface area contributed by atoms with Crippen molar-refractivity contribution in [2.24, 2.45) is 0 Å². The van der Waals surface area contributed by atoms with Crippen molar-refractivity contribution in [2.75, 3.05) is 31.6 Å². The number of para-hydroxylation sites is 2. The number of anilines is 1. The normalized spacial score (nSPS) is 15.4. The molecule has 28 heavy (non-hydrogen) atoms. The van der Waals surface area contributed by atoms with Gasteiger partial charge in [-0.2, -0.15) is 13.1 Å². The second-order valence-corrected chi connectivity index (χ2v) is 7.81. The first-order valence-electron chi connectivity index (χ1n) is 8.41. The number of morpholine rings is 1. The van der Waals surface area contributed by atoms with Crippen molar-refractivity contribution in [3.63, 3.8) is 0 Å². The molecule has 0 aliphatic carbocycles. The Labute approximate surface area is 160 Å². The van der Waals surface area contributed by atoms with Crippen LogP contribution in [0.3, 0.4) is 0 Å². The molecule has 1 amide bonds. The summed E-state index contributed by atoms with van der Waals surface area (Å²) in [4.78, 5) is 12.5. The van der Waals surface area contributed by atoms with Gasteiger partial charge in [0, 0.05) is 18.7 Å². The Morgan fingerprint density at radius 1 is 1.11 bits per heavy atom. The van der Waals surface area contributed by atoms with Crippen LogP contribution in [-0.2, 0) is 14.8 Å². The van der Waals surface area contributed by atoms with Gasteiger partial charge < -0.3 is 14.8 Å². The second-order valence-electron chi connectivity index (χ2n) is 5.87. The number of nitrogens with one attached hydrogen (secondary N) is 1. The molecule has 7 nitrogen and oxygen atoms in total. The highest BCUT2D eigenvalue weighted by Crippen LogP contribution is 2.26. The van der Waals surface area contributed by atoms with Gasteiger partial charge in [-0.1, -0.05) is 18.2 Å². The van der Waals surface area contributed by atoms with Crippen molar-refractivity contribution in [1.29, 1.82) is 0 Å². The van der Waals surface area contributed by atoms with Crippen molar-refractivity contribution < 1.29 is 31.5 Å². The topological polar surface area (TPSA) is 84.9 Å². The third kappa shape index (κ3) is 4.64. The molecule has 2 aromatic rings. The number of ether oxygens (including phenoxy) is 2. The van der Waals surface area contributed by atoms with E-state index in [2.05, 4.69) is 10.1 Å². The molecule has 0 bridgehead atoms. The molecule has 0 unspecified atom stereocenters. The van der Waals surface area contributed by atoms with Crippen molar-refractivity contribution in [1.82, 2.24) is 4.31 Å². The number of carbonyl (C=O) groups excluding carboxylic acids is 1. The van der Waals surface area contributed by atoms with Crippen LogP contribution in [-0.4, -0.2) is 51.5 Å². The van der Waals surface area contributed by atoms with Crippen LogP contribution in [0.15, 0.2) is 53.4 Å². The van der Waals surface area contributed by atoms with Gasteiger partial charge in [0.05, 0.1) is 23.8 Å². The maximum absolute atomic E-state index is 12.7. The van der Waals surface area contributed by atoms with Crippen LogP contribution in [0.1, 0.15) is 10.4 Å².